The first-order valence-electron chi connectivity index (χ1n) is 3.76. The lowest BCUT2D eigenvalue weighted by Crippen LogP contribution is -1.94. The second-order valence-electron chi connectivity index (χ2n) is 2.60. The van der Waals surface area contributed by atoms with E-state index in [1.807, 2.05) is 0 Å². The molecule has 2 heteroatoms. The van der Waals surface area contributed by atoms with Gasteiger partial charge in [-0.1, -0.05) is 20.3 Å². The molecule has 1 N–H and O–H groups in total. The van der Waals surface area contributed by atoms with Gasteiger partial charge in [0.2, 0.25) is 0 Å². The molecule has 2 nitrogen and oxygen atoms in total. The Morgan fingerprint density at radius 2 is 2.60 bits per heavy atom. The molecule has 0 amide bonds. The standard InChI is InChI=1S/C8H13N2/c1-3-4-7(2)8-9-5-6-10-8/h5,7H,3-4H2,1-2H3,(H,9,10). The summed E-state index contributed by atoms with van der Waals surface area (Å²) in [7, 11) is 0. The van der Waals surface area contributed by atoms with Crippen molar-refractivity contribution in [3.8, 4) is 0 Å². The van der Waals surface area contributed by atoms with Crippen LogP contribution in [0.2, 0.25) is 0 Å². The van der Waals surface area contributed by atoms with Crippen molar-refractivity contribution >= 4 is 0 Å². The zero-order valence-electron chi connectivity index (χ0n) is 6.52. The number of imidazole rings is 1. The van der Waals surface area contributed by atoms with Gasteiger partial charge in [-0.2, -0.15) is 0 Å². The summed E-state index contributed by atoms with van der Waals surface area (Å²) < 4.78 is 0. The van der Waals surface area contributed by atoms with Crippen molar-refractivity contribution in [2.75, 3.05) is 0 Å². The maximum Gasteiger partial charge on any atom is 0.109 e. The van der Waals surface area contributed by atoms with Gasteiger partial charge in [0, 0.05) is 12.1 Å². The first kappa shape index (κ1) is 7.32. The van der Waals surface area contributed by atoms with Crippen LogP contribution in [-0.4, -0.2) is 9.97 Å². The molecule has 10 heavy (non-hydrogen) atoms. The van der Waals surface area contributed by atoms with E-state index in [0.717, 1.165) is 5.82 Å². The van der Waals surface area contributed by atoms with Gasteiger partial charge in [-0.3, -0.25) is 0 Å². The van der Waals surface area contributed by atoms with Crippen LogP contribution in [0.15, 0.2) is 6.20 Å². The molecule has 0 spiro atoms. The van der Waals surface area contributed by atoms with Gasteiger partial charge in [0.05, 0.1) is 0 Å². The average molecular weight is 137 g/mol. The first-order valence-corrected chi connectivity index (χ1v) is 3.76. The second kappa shape index (κ2) is 3.40. The molecule has 1 aromatic heterocycles. The fraction of sp³-hybridized carbons (Fsp3) is 0.625. The summed E-state index contributed by atoms with van der Waals surface area (Å²) in [6, 6.07) is 0. The molecule has 0 aliphatic carbocycles. The number of hydrogen-bond acceptors (Lipinski definition) is 1. The van der Waals surface area contributed by atoms with E-state index in [4.69, 9.17) is 0 Å². The molecular weight excluding hydrogens is 124 g/mol. The minimum absolute atomic E-state index is 0.552. The summed E-state index contributed by atoms with van der Waals surface area (Å²) in [5.41, 5.74) is 0. The summed E-state index contributed by atoms with van der Waals surface area (Å²) in [5.74, 6) is 1.61. The highest BCUT2D eigenvalue weighted by Crippen LogP contribution is 2.14. The summed E-state index contributed by atoms with van der Waals surface area (Å²) in [4.78, 5) is 7.11. The summed E-state index contributed by atoms with van der Waals surface area (Å²) in [6.45, 7) is 4.36. The lowest BCUT2D eigenvalue weighted by atomic mass is 10.1. The lowest BCUT2D eigenvalue weighted by molar-refractivity contribution is 0.633. The van der Waals surface area contributed by atoms with E-state index in [2.05, 4.69) is 30.0 Å². The molecule has 1 unspecified atom stereocenters. The smallest absolute Gasteiger partial charge is 0.109 e. The fourth-order valence-electron chi connectivity index (χ4n) is 1.06. The van der Waals surface area contributed by atoms with Crippen LogP contribution < -0.4 is 0 Å². The third-order valence-electron chi connectivity index (χ3n) is 1.66. The predicted molar refractivity (Wildman–Crippen MR) is 40.7 cm³/mol. The highest BCUT2D eigenvalue weighted by atomic mass is 14.9. The average Bonchev–Trinajstić information content (AvgIpc) is 2.38. The molecule has 1 aromatic rings. The summed E-state index contributed by atoms with van der Waals surface area (Å²) in [6.07, 6.45) is 6.92. The summed E-state index contributed by atoms with van der Waals surface area (Å²) >= 11 is 0. The van der Waals surface area contributed by atoms with Gasteiger partial charge in [-0.15, -0.1) is 0 Å². The Bertz CT molecular complexity index is 167. The van der Waals surface area contributed by atoms with E-state index in [9.17, 15) is 0 Å². The van der Waals surface area contributed by atoms with Crippen molar-refractivity contribution in [3.05, 3.63) is 18.2 Å². The minimum atomic E-state index is 0.552. The van der Waals surface area contributed by atoms with Crippen molar-refractivity contribution in [1.29, 1.82) is 0 Å². The molecule has 55 valence electrons. The Morgan fingerprint density at radius 3 is 3.10 bits per heavy atom. The molecule has 0 aliphatic rings. The van der Waals surface area contributed by atoms with Gasteiger partial charge in [0.25, 0.3) is 0 Å². The van der Waals surface area contributed by atoms with Crippen molar-refractivity contribution < 1.29 is 0 Å². The molecule has 0 fully saturated rings. The zero-order valence-corrected chi connectivity index (χ0v) is 6.52. The SMILES string of the molecule is CCCC(C)c1n[c]c[nH]1. The van der Waals surface area contributed by atoms with E-state index in [0.29, 0.717) is 5.92 Å². The maximum absolute atomic E-state index is 4.05. The molecule has 1 rings (SSSR count). The topological polar surface area (TPSA) is 28.7 Å². The van der Waals surface area contributed by atoms with Crippen LogP contribution in [-0.2, 0) is 0 Å². The number of aromatic amines is 1. The Balaban J connectivity index is 2.50. The van der Waals surface area contributed by atoms with E-state index in [1.165, 1.54) is 12.8 Å². The molecule has 0 saturated carbocycles. The van der Waals surface area contributed by atoms with Crippen LogP contribution >= 0.6 is 0 Å². The van der Waals surface area contributed by atoms with Crippen LogP contribution in [0.25, 0.3) is 0 Å². The Morgan fingerprint density at radius 1 is 1.80 bits per heavy atom. The van der Waals surface area contributed by atoms with Gasteiger partial charge >= 0.3 is 0 Å². The van der Waals surface area contributed by atoms with Crippen molar-refractivity contribution in [2.45, 2.75) is 32.6 Å². The first-order chi connectivity index (χ1) is 4.84. The molecule has 0 aliphatic heterocycles. The molecule has 0 saturated heterocycles. The van der Waals surface area contributed by atoms with E-state index < -0.39 is 0 Å². The number of nitrogens with one attached hydrogen (secondary N) is 1. The Labute approximate surface area is 61.7 Å². The number of nitrogens with zero attached hydrogens (tertiary/aromatic N) is 1. The van der Waals surface area contributed by atoms with Crippen LogP contribution in [0.4, 0.5) is 0 Å². The highest BCUT2D eigenvalue weighted by molar-refractivity contribution is 4.93. The van der Waals surface area contributed by atoms with E-state index in [-0.39, 0.29) is 0 Å². The number of H-pyrrole nitrogens is 1. The Kier molecular flexibility index (Phi) is 2.49. The zero-order chi connectivity index (χ0) is 7.40. The van der Waals surface area contributed by atoms with E-state index in [1.54, 1.807) is 6.20 Å². The normalized spacial score (nSPS) is 13.4. The molecule has 0 aromatic carbocycles. The highest BCUT2D eigenvalue weighted by Gasteiger charge is 2.04. The van der Waals surface area contributed by atoms with Crippen molar-refractivity contribution in [2.24, 2.45) is 0 Å². The van der Waals surface area contributed by atoms with Gasteiger partial charge < -0.3 is 4.98 Å². The third kappa shape index (κ3) is 1.59. The number of rotatable bonds is 3. The van der Waals surface area contributed by atoms with Gasteiger partial charge in [0.15, 0.2) is 0 Å². The fourth-order valence-corrected chi connectivity index (χ4v) is 1.06. The van der Waals surface area contributed by atoms with Gasteiger partial charge in [-0.05, 0) is 6.42 Å². The summed E-state index contributed by atoms with van der Waals surface area (Å²) in [5, 5.41) is 0. The predicted octanol–water partition coefficient (Wildman–Crippen LogP) is 2.11. The van der Waals surface area contributed by atoms with Gasteiger partial charge in [0.1, 0.15) is 12.0 Å². The molecule has 0 bridgehead atoms. The Hall–Kier alpha value is -0.790. The monoisotopic (exact) mass is 137 g/mol. The number of hydrogen-bond donors (Lipinski definition) is 1. The molecule has 1 heterocycles. The van der Waals surface area contributed by atoms with Crippen LogP contribution in [0, 0.1) is 6.20 Å². The van der Waals surface area contributed by atoms with Crippen molar-refractivity contribution in [3.63, 3.8) is 0 Å². The van der Waals surface area contributed by atoms with Crippen molar-refractivity contribution in [1.82, 2.24) is 9.97 Å². The third-order valence-corrected chi connectivity index (χ3v) is 1.66. The minimum Gasteiger partial charge on any atom is -0.348 e. The largest absolute Gasteiger partial charge is 0.348 e. The quantitative estimate of drug-likeness (QED) is 0.679. The van der Waals surface area contributed by atoms with Crippen LogP contribution in [0.5, 0.6) is 0 Å². The number of aromatic nitrogens is 2. The second-order valence-corrected chi connectivity index (χ2v) is 2.60. The van der Waals surface area contributed by atoms with E-state index >= 15 is 0 Å². The molecular formula is C8H13N2. The maximum atomic E-state index is 4.05. The van der Waals surface area contributed by atoms with Crippen LogP contribution in [0.1, 0.15) is 38.4 Å². The molecule has 1 atom stereocenters. The van der Waals surface area contributed by atoms with Crippen LogP contribution in [0.3, 0.4) is 0 Å². The van der Waals surface area contributed by atoms with Gasteiger partial charge in [-0.25, -0.2) is 4.98 Å². The molecule has 1 radical (unpaired) electrons. The lowest BCUT2D eigenvalue weighted by Gasteiger charge is -2.04.